The van der Waals surface area contributed by atoms with Crippen LogP contribution in [0.4, 0.5) is 0 Å². The van der Waals surface area contributed by atoms with Gasteiger partial charge < -0.3 is 14.8 Å². The number of methoxy groups -OCH3 is 1. The molecule has 3 heterocycles. The number of nitrogens with zero attached hydrogens (tertiary/aromatic N) is 3. The summed E-state index contributed by atoms with van der Waals surface area (Å²) in [7, 11) is 1.49. The van der Waals surface area contributed by atoms with Crippen LogP contribution >= 0.6 is 23.4 Å². The molecule has 0 radical (unpaired) electrons. The second kappa shape index (κ2) is 12.6. The molecule has 3 saturated carbocycles. The van der Waals surface area contributed by atoms with E-state index in [2.05, 4.69) is 17.1 Å². The van der Waals surface area contributed by atoms with Crippen molar-refractivity contribution < 1.29 is 14.3 Å². The van der Waals surface area contributed by atoms with E-state index in [1.54, 1.807) is 0 Å². The monoisotopic (exact) mass is 632 g/mol. The molecule has 0 amide bonds. The highest BCUT2D eigenvalue weighted by Crippen LogP contribution is 2.48. The van der Waals surface area contributed by atoms with Crippen molar-refractivity contribution in [3.63, 3.8) is 0 Å². The summed E-state index contributed by atoms with van der Waals surface area (Å²) < 4.78 is 13.7. The van der Waals surface area contributed by atoms with Crippen LogP contribution in [0.2, 0.25) is 0 Å². The Morgan fingerprint density at radius 2 is 1.86 bits per heavy atom. The molecule has 6 aliphatic rings. The molecule has 0 aromatic carbocycles. The number of aryl methyl sites for hydroxylation is 2. The van der Waals surface area contributed by atoms with Crippen molar-refractivity contribution in [1.29, 1.82) is 0 Å². The number of piperidine rings is 1. The summed E-state index contributed by atoms with van der Waals surface area (Å²) in [5, 5.41) is 4.24. The first kappa shape index (κ1) is 30.5. The number of carbonyl (C=O) groups excluding carboxylic acids is 1. The van der Waals surface area contributed by atoms with Crippen molar-refractivity contribution in [3.05, 3.63) is 27.4 Å². The van der Waals surface area contributed by atoms with Gasteiger partial charge in [-0.1, -0.05) is 0 Å². The van der Waals surface area contributed by atoms with Crippen LogP contribution in [0.3, 0.4) is 0 Å². The molecule has 10 heteroatoms. The van der Waals surface area contributed by atoms with E-state index in [4.69, 9.17) is 26.1 Å². The van der Waals surface area contributed by atoms with Gasteiger partial charge in [0.2, 0.25) is 0 Å². The first-order valence-corrected chi connectivity index (χ1v) is 18.4. The second-order valence-corrected chi connectivity index (χ2v) is 16.1. The summed E-state index contributed by atoms with van der Waals surface area (Å²) in [5.74, 6) is 2.17. The molecule has 1 aromatic heterocycles. The number of nitrogens with one attached hydrogen (secondary N) is 1. The second-order valence-electron chi connectivity index (χ2n) is 14.3. The molecule has 2 saturated heterocycles. The fraction of sp³-hybridized carbons (Fsp3) is 0.848. The number of hydrogen-bond acceptors (Lipinski definition) is 8. The molecule has 9 atom stereocenters. The SMILES string of the molecule is COC(=O)C1CSC2C(C3CC(Cl)CCC3OCCn3c(C)nc4c(c3=O)CC(N(C3CC3)C3CC3)CC4)CC(C)NC12. The van der Waals surface area contributed by atoms with E-state index in [1.807, 2.05) is 23.3 Å². The molecule has 8 nitrogen and oxygen atoms in total. The van der Waals surface area contributed by atoms with Crippen LogP contribution in [0.5, 0.6) is 0 Å². The molecule has 1 aromatic rings. The largest absolute Gasteiger partial charge is 0.469 e. The van der Waals surface area contributed by atoms with Gasteiger partial charge in [-0.2, -0.15) is 11.8 Å². The average Bonchev–Trinajstić information content (AvgIpc) is 3.94. The third-order valence-corrected chi connectivity index (χ3v) is 13.3. The van der Waals surface area contributed by atoms with Gasteiger partial charge in [0, 0.05) is 52.2 Å². The van der Waals surface area contributed by atoms with Crippen LogP contribution in [-0.4, -0.2) is 86.8 Å². The smallest absolute Gasteiger partial charge is 0.311 e. The van der Waals surface area contributed by atoms with Crippen molar-refractivity contribution in [2.75, 3.05) is 19.5 Å². The first-order chi connectivity index (χ1) is 20.8. The van der Waals surface area contributed by atoms with E-state index in [1.165, 1.54) is 32.8 Å². The molecular weight excluding hydrogens is 584 g/mol. The van der Waals surface area contributed by atoms with Gasteiger partial charge in [0.15, 0.2) is 0 Å². The number of rotatable bonds is 9. The molecule has 5 fully saturated rings. The highest BCUT2D eigenvalue weighted by molar-refractivity contribution is 8.00. The Labute approximate surface area is 265 Å². The predicted octanol–water partition coefficient (Wildman–Crippen LogP) is 4.10. The highest BCUT2D eigenvalue weighted by Gasteiger charge is 2.52. The van der Waals surface area contributed by atoms with Crippen LogP contribution in [0.25, 0.3) is 0 Å². The number of alkyl halides is 1. The Morgan fingerprint density at radius 3 is 2.58 bits per heavy atom. The molecular formula is C33H49ClN4O4S. The van der Waals surface area contributed by atoms with Gasteiger partial charge in [-0.25, -0.2) is 4.98 Å². The lowest BCUT2D eigenvalue weighted by atomic mass is 9.70. The topological polar surface area (TPSA) is 85.7 Å². The van der Waals surface area contributed by atoms with Crippen molar-refractivity contribution in [1.82, 2.24) is 19.8 Å². The lowest BCUT2D eigenvalue weighted by molar-refractivity contribution is -0.145. The normalized spacial score (nSPS) is 37.7. The zero-order valence-electron chi connectivity index (χ0n) is 26.0. The lowest BCUT2D eigenvalue weighted by Gasteiger charge is -2.47. The summed E-state index contributed by atoms with van der Waals surface area (Å²) in [5.41, 5.74) is 2.12. The molecule has 43 heavy (non-hydrogen) atoms. The zero-order chi connectivity index (χ0) is 29.8. The highest BCUT2D eigenvalue weighted by atomic mass is 35.5. The minimum Gasteiger partial charge on any atom is -0.469 e. The van der Waals surface area contributed by atoms with Crippen molar-refractivity contribution >= 4 is 29.3 Å². The van der Waals surface area contributed by atoms with Crippen molar-refractivity contribution in [3.8, 4) is 0 Å². The number of ether oxygens (including phenoxy) is 2. The van der Waals surface area contributed by atoms with Gasteiger partial charge in [-0.15, -0.1) is 11.6 Å². The summed E-state index contributed by atoms with van der Waals surface area (Å²) in [6, 6.07) is 2.44. The molecule has 2 aliphatic heterocycles. The van der Waals surface area contributed by atoms with Crippen LogP contribution in [-0.2, 0) is 33.7 Å². The average molecular weight is 633 g/mol. The predicted molar refractivity (Wildman–Crippen MR) is 170 cm³/mol. The standard InChI is InChI=1S/C33H49ClN4O4S/c1-18-14-25(31-30(35-18)27(17-43-31)33(40)41-3)24-15-20(34)4-11-29(24)42-13-12-37-19(2)36-28-10-9-23(16-26(28)32(37)39)38(21-5-6-21)22-7-8-22/h18,20-25,27,29-31,35H,4-17H2,1-3H3. The summed E-state index contributed by atoms with van der Waals surface area (Å²) >= 11 is 8.70. The van der Waals surface area contributed by atoms with Gasteiger partial charge in [-0.3, -0.25) is 19.1 Å². The Bertz CT molecular complexity index is 1240. The van der Waals surface area contributed by atoms with Crippen LogP contribution in [0.15, 0.2) is 4.79 Å². The van der Waals surface area contributed by atoms with Gasteiger partial charge in [-0.05, 0) is 96.3 Å². The van der Waals surface area contributed by atoms with E-state index in [0.717, 1.165) is 79.9 Å². The van der Waals surface area contributed by atoms with Crippen molar-refractivity contribution in [2.45, 2.75) is 138 Å². The van der Waals surface area contributed by atoms with Crippen LogP contribution in [0, 0.1) is 24.7 Å². The van der Waals surface area contributed by atoms with Crippen molar-refractivity contribution in [2.24, 2.45) is 17.8 Å². The van der Waals surface area contributed by atoms with E-state index in [9.17, 15) is 9.59 Å². The number of carbonyl (C=O) groups is 1. The number of esters is 1. The maximum absolute atomic E-state index is 13.9. The van der Waals surface area contributed by atoms with Gasteiger partial charge in [0.1, 0.15) is 5.82 Å². The van der Waals surface area contributed by atoms with Gasteiger partial charge in [0.25, 0.3) is 5.56 Å². The fourth-order valence-corrected chi connectivity index (χ4v) is 11.2. The number of hydrogen-bond donors (Lipinski definition) is 1. The molecule has 0 bridgehead atoms. The maximum atomic E-state index is 13.9. The Hall–Kier alpha value is -1.13. The number of halogens is 1. The molecule has 0 spiro atoms. The lowest BCUT2D eigenvalue weighted by Crippen LogP contribution is -2.57. The summed E-state index contributed by atoms with van der Waals surface area (Å²) in [6.45, 7) is 5.24. The van der Waals surface area contributed by atoms with E-state index < -0.39 is 0 Å². The number of aromatic nitrogens is 2. The Balaban J connectivity index is 1.04. The van der Waals surface area contributed by atoms with E-state index in [0.29, 0.717) is 42.3 Å². The number of fused-ring (bicyclic) bond motifs is 2. The van der Waals surface area contributed by atoms with Gasteiger partial charge >= 0.3 is 5.97 Å². The fourth-order valence-electron chi connectivity index (χ4n) is 9.02. The Morgan fingerprint density at radius 1 is 1.09 bits per heavy atom. The Kier molecular flexibility index (Phi) is 8.93. The van der Waals surface area contributed by atoms with Crippen LogP contribution in [0.1, 0.15) is 81.8 Å². The maximum Gasteiger partial charge on any atom is 0.311 e. The summed E-state index contributed by atoms with van der Waals surface area (Å²) in [6.07, 6.45) is 12.2. The van der Waals surface area contributed by atoms with Crippen LogP contribution < -0.4 is 10.9 Å². The summed E-state index contributed by atoms with van der Waals surface area (Å²) in [4.78, 5) is 34.1. The first-order valence-electron chi connectivity index (χ1n) is 16.9. The third kappa shape index (κ3) is 6.19. The molecule has 238 valence electrons. The zero-order valence-corrected chi connectivity index (χ0v) is 27.6. The van der Waals surface area contributed by atoms with E-state index in [-0.39, 0.29) is 35.0 Å². The van der Waals surface area contributed by atoms with Gasteiger partial charge in [0.05, 0.1) is 38.0 Å². The molecule has 9 unspecified atom stereocenters. The quantitative estimate of drug-likeness (QED) is 0.322. The molecule has 4 aliphatic carbocycles. The number of thioether (sulfide) groups is 1. The van der Waals surface area contributed by atoms with E-state index >= 15 is 0 Å². The molecule has 1 N–H and O–H groups in total. The minimum absolute atomic E-state index is 0.105. The third-order valence-electron chi connectivity index (χ3n) is 11.3. The minimum atomic E-state index is -0.106. The molecule has 7 rings (SSSR count).